The van der Waals surface area contributed by atoms with Gasteiger partial charge < -0.3 is 0 Å². The molecule has 0 spiro atoms. The lowest BCUT2D eigenvalue weighted by Gasteiger charge is -2.08. The van der Waals surface area contributed by atoms with E-state index in [0.29, 0.717) is 12.8 Å². The zero-order chi connectivity index (χ0) is 19.5. The van der Waals surface area contributed by atoms with Crippen molar-refractivity contribution in [2.45, 2.75) is 26.7 Å². The molecule has 28 heavy (non-hydrogen) atoms. The van der Waals surface area contributed by atoms with E-state index in [1.165, 1.54) is 0 Å². The van der Waals surface area contributed by atoms with Gasteiger partial charge in [-0.2, -0.15) is 10.2 Å². The smallest absolute Gasteiger partial charge is 0.240 e. The number of nitrogens with one attached hydrogen (secondary N) is 2. The summed E-state index contributed by atoms with van der Waals surface area (Å²) < 4.78 is 0. The van der Waals surface area contributed by atoms with Crippen molar-refractivity contribution in [3.63, 3.8) is 0 Å². The third-order valence-electron chi connectivity index (χ3n) is 5.08. The predicted octanol–water partition coefficient (Wildman–Crippen LogP) is 4.42. The van der Waals surface area contributed by atoms with Gasteiger partial charge in [-0.05, 0) is 53.4 Å². The number of fused-ring (bicyclic) bond motifs is 2. The van der Waals surface area contributed by atoms with Crippen LogP contribution in [0.5, 0.6) is 0 Å². The van der Waals surface area contributed by atoms with Crippen LogP contribution in [-0.4, -0.2) is 22.3 Å². The quantitative estimate of drug-likeness (QED) is 0.310. The number of aromatic amines is 1. The van der Waals surface area contributed by atoms with Crippen LogP contribution in [0.2, 0.25) is 0 Å². The summed E-state index contributed by atoms with van der Waals surface area (Å²) in [5.41, 5.74) is 6.72. The molecule has 0 unspecified atom stereocenters. The van der Waals surface area contributed by atoms with Crippen molar-refractivity contribution >= 4 is 33.7 Å². The normalized spacial score (nSPS) is 11.5. The maximum absolute atomic E-state index is 12.2. The summed E-state index contributed by atoms with van der Waals surface area (Å²) in [6.45, 7) is 3.91. The Morgan fingerprint density at radius 1 is 1.07 bits per heavy atom. The maximum Gasteiger partial charge on any atom is 0.240 e. The van der Waals surface area contributed by atoms with Gasteiger partial charge in [-0.3, -0.25) is 9.89 Å². The average Bonchev–Trinajstić information content (AvgIpc) is 3.03. The Labute approximate surface area is 163 Å². The molecule has 2 N–H and O–H groups in total. The highest BCUT2D eigenvalue weighted by Gasteiger charge is 2.09. The van der Waals surface area contributed by atoms with Crippen LogP contribution in [0.4, 0.5) is 0 Å². The number of hydrogen-bond donors (Lipinski definition) is 2. The number of carbonyl (C=O) groups is 1. The highest BCUT2D eigenvalue weighted by Crippen LogP contribution is 2.27. The van der Waals surface area contributed by atoms with Crippen molar-refractivity contribution in [1.29, 1.82) is 0 Å². The fraction of sp³-hybridized carbons (Fsp3) is 0.174. The number of carbonyl (C=O) groups excluding carboxylic acids is 1. The molecule has 0 aliphatic carbocycles. The van der Waals surface area contributed by atoms with Crippen LogP contribution in [-0.2, 0) is 11.2 Å². The highest BCUT2D eigenvalue weighted by atomic mass is 16.2. The SMILES string of the molecule is Cc1n[nH]c(C)c1CCC(=O)N/N=C\c1c2ccccc2cc2ccccc12. The number of hydrogen-bond acceptors (Lipinski definition) is 3. The van der Waals surface area contributed by atoms with Crippen LogP contribution in [0.15, 0.2) is 59.7 Å². The van der Waals surface area contributed by atoms with Crippen molar-refractivity contribution in [3.05, 3.63) is 77.1 Å². The van der Waals surface area contributed by atoms with Gasteiger partial charge in [0.05, 0.1) is 11.9 Å². The lowest BCUT2D eigenvalue weighted by molar-refractivity contribution is -0.121. The highest BCUT2D eigenvalue weighted by molar-refractivity contribution is 6.13. The molecule has 1 amide bonds. The first-order valence-corrected chi connectivity index (χ1v) is 9.36. The van der Waals surface area contributed by atoms with Gasteiger partial charge in [-0.1, -0.05) is 48.5 Å². The number of hydrazone groups is 1. The Morgan fingerprint density at radius 3 is 2.32 bits per heavy atom. The molecule has 0 saturated carbocycles. The van der Waals surface area contributed by atoms with Crippen molar-refractivity contribution in [3.8, 4) is 0 Å². The van der Waals surface area contributed by atoms with E-state index in [0.717, 1.165) is 44.1 Å². The van der Waals surface area contributed by atoms with Crippen LogP contribution in [0.3, 0.4) is 0 Å². The third kappa shape index (κ3) is 3.51. The van der Waals surface area contributed by atoms with Crippen molar-refractivity contribution in [1.82, 2.24) is 15.6 Å². The van der Waals surface area contributed by atoms with E-state index in [1.54, 1.807) is 6.21 Å². The third-order valence-corrected chi connectivity index (χ3v) is 5.08. The second-order valence-corrected chi connectivity index (χ2v) is 6.94. The van der Waals surface area contributed by atoms with Gasteiger partial charge in [0.2, 0.25) is 5.91 Å². The first-order valence-electron chi connectivity index (χ1n) is 9.36. The number of amides is 1. The molecule has 1 heterocycles. The number of aryl methyl sites for hydroxylation is 2. The first-order chi connectivity index (χ1) is 13.6. The van der Waals surface area contributed by atoms with Crippen molar-refractivity contribution in [2.24, 2.45) is 5.10 Å². The molecule has 1 aromatic heterocycles. The van der Waals surface area contributed by atoms with Crippen LogP contribution < -0.4 is 5.43 Å². The Bertz CT molecular complexity index is 1120. The monoisotopic (exact) mass is 370 g/mol. The molecule has 0 aliphatic heterocycles. The minimum absolute atomic E-state index is 0.110. The fourth-order valence-corrected chi connectivity index (χ4v) is 3.59. The van der Waals surface area contributed by atoms with E-state index < -0.39 is 0 Å². The minimum Gasteiger partial charge on any atom is -0.282 e. The first kappa shape index (κ1) is 17.9. The molecule has 0 saturated heterocycles. The summed E-state index contributed by atoms with van der Waals surface area (Å²) in [4.78, 5) is 12.2. The predicted molar refractivity (Wildman–Crippen MR) is 114 cm³/mol. The number of rotatable bonds is 5. The number of H-pyrrole nitrogens is 1. The van der Waals surface area contributed by atoms with Gasteiger partial charge in [0, 0.05) is 17.7 Å². The largest absolute Gasteiger partial charge is 0.282 e. The van der Waals surface area contributed by atoms with Crippen molar-refractivity contribution < 1.29 is 4.79 Å². The number of nitrogens with zero attached hydrogens (tertiary/aromatic N) is 2. The molecule has 3 aromatic carbocycles. The summed E-state index contributed by atoms with van der Waals surface area (Å²) in [5, 5.41) is 15.9. The molecule has 4 rings (SSSR count). The van der Waals surface area contributed by atoms with Gasteiger partial charge in [-0.15, -0.1) is 0 Å². The van der Waals surface area contributed by atoms with Gasteiger partial charge in [-0.25, -0.2) is 5.43 Å². The van der Waals surface area contributed by atoms with E-state index >= 15 is 0 Å². The van der Waals surface area contributed by atoms with E-state index in [4.69, 9.17) is 0 Å². The van der Waals surface area contributed by atoms with Crippen LogP contribution >= 0.6 is 0 Å². The van der Waals surface area contributed by atoms with Gasteiger partial charge in [0.1, 0.15) is 0 Å². The molecule has 0 radical (unpaired) electrons. The average molecular weight is 370 g/mol. The lowest BCUT2D eigenvalue weighted by Crippen LogP contribution is -2.18. The molecular weight excluding hydrogens is 348 g/mol. The standard InChI is InChI=1S/C23H22N4O/c1-15-19(16(2)26-25-15)11-12-23(28)27-24-14-22-20-9-5-3-7-17(20)13-18-8-4-6-10-21(18)22/h3-10,13-14H,11-12H2,1-2H3,(H,25,26)(H,27,28)/b24-14-. The Hall–Kier alpha value is -3.47. The Kier molecular flexibility index (Phi) is 4.89. The topological polar surface area (TPSA) is 70.1 Å². The summed E-state index contributed by atoms with van der Waals surface area (Å²) in [6.07, 6.45) is 2.76. The van der Waals surface area contributed by atoms with E-state index in [1.807, 2.05) is 38.1 Å². The van der Waals surface area contributed by atoms with Gasteiger partial charge in [0.15, 0.2) is 0 Å². The molecule has 0 fully saturated rings. The maximum atomic E-state index is 12.2. The van der Waals surface area contributed by atoms with Crippen LogP contribution in [0.25, 0.3) is 21.5 Å². The zero-order valence-corrected chi connectivity index (χ0v) is 16.0. The molecule has 140 valence electrons. The molecule has 0 bridgehead atoms. The zero-order valence-electron chi connectivity index (χ0n) is 16.0. The second-order valence-electron chi connectivity index (χ2n) is 6.94. The molecule has 5 heteroatoms. The summed E-state index contributed by atoms with van der Waals surface area (Å²) in [7, 11) is 0. The molecule has 5 nitrogen and oxygen atoms in total. The lowest BCUT2D eigenvalue weighted by atomic mass is 9.97. The second kappa shape index (κ2) is 7.64. The number of benzene rings is 3. The molecule has 0 atom stereocenters. The summed E-state index contributed by atoms with van der Waals surface area (Å²) in [6, 6.07) is 18.6. The van der Waals surface area contributed by atoms with Crippen LogP contribution in [0.1, 0.15) is 28.9 Å². The molecule has 0 aliphatic rings. The van der Waals surface area contributed by atoms with Crippen LogP contribution in [0, 0.1) is 13.8 Å². The number of aromatic nitrogens is 2. The van der Waals surface area contributed by atoms with E-state index in [9.17, 15) is 4.79 Å². The van der Waals surface area contributed by atoms with Gasteiger partial charge >= 0.3 is 0 Å². The van der Waals surface area contributed by atoms with E-state index in [2.05, 4.69) is 51.1 Å². The van der Waals surface area contributed by atoms with E-state index in [-0.39, 0.29) is 5.91 Å². The van der Waals surface area contributed by atoms with Gasteiger partial charge in [0.25, 0.3) is 0 Å². The summed E-state index contributed by atoms with van der Waals surface area (Å²) >= 11 is 0. The summed E-state index contributed by atoms with van der Waals surface area (Å²) in [5.74, 6) is -0.110. The minimum atomic E-state index is -0.110. The Morgan fingerprint density at radius 2 is 1.71 bits per heavy atom. The van der Waals surface area contributed by atoms with Crippen molar-refractivity contribution in [2.75, 3.05) is 0 Å². The molecular formula is C23H22N4O. The Balaban J connectivity index is 1.54. The fourth-order valence-electron chi connectivity index (χ4n) is 3.59. The molecule has 4 aromatic rings.